The van der Waals surface area contributed by atoms with Crippen LogP contribution >= 0.6 is 11.6 Å². The molecule has 0 radical (unpaired) electrons. The van der Waals surface area contributed by atoms with E-state index in [0.29, 0.717) is 17.6 Å². The van der Waals surface area contributed by atoms with Crippen molar-refractivity contribution in [3.8, 4) is 0 Å². The highest BCUT2D eigenvalue weighted by atomic mass is 35.5. The zero-order valence-corrected chi connectivity index (χ0v) is 13.8. The molecule has 0 saturated carbocycles. The van der Waals surface area contributed by atoms with Gasteiger partial charge in [0.25, 0.3) is 0 Å². The summed E-state index contributed by atoms with van der Waals surface area (Å²) in [5.41, 5.74) is 1.25. The fraction of sp³-hybridized carbons (Fsp3) is 0.353. The number of hydrogen-bond acceptors (Lipinski definition) is 3. The molecule has 6 heteroatoms. The van der Waals surface area contributed by atoms with E-state index in [9.17, 15) is 4.79 Å². The van der Waals surface area contributed by atoms with Gasteiger partial charge in [-0.15, -0.1) is 0 Å². The second-order valence-corrected chi connectivity index (χ2v) is 6.17. The van der Waals surface area contributed by atoms with Gasteiger partial charge in [0.1, 0.15) is 11.6 Å². The lowest BCUT2D eigenvalue weighted by molar-refractivity contribution is 0.194. The monoisotopic (exact) mass is 330 g/mol. The number of piperidine rings is 1. The van der Waals surface area contributed by atoms with Gasteiger partial charge >= 0.3 is 6.03 Å². The molecule has 2 aromatic rings. The number of anilines is 1. The van der Waals surface area contributed by atoms with Crippen molar-refractivity contribution >= 4 is 23.4 Å². The van der Waals surface area contributed by atoms with E-state index in [2.05, 4.69) is 21.4 Å². The van der Waals surface area contributed by atoms with Crippen molar-refractivity contribution in [2.24, 2.45) is 0 Å². The molecule has 0 unspecified atom stereocenters. The third-order valence-electron chi connectivity index (χ3n) is 4.11. The van der Waals surface area contributed by atoms with Crippen LogP contribution in [0, 0.1) is 6.92 Å². The number of nitrogens with zero attached hydrogens (tertiary/aromatic N) is 3. The molecule has 2 heterocycles. The third kappa shape index (κ3) is 3.99. The number of carbonyl (C=O) groups excluding carboxylic acids is 1. The van der Waals surface area contributed by atoms with Crippen LogP contribution in [-0.2, 0) is 0 Å². The van der Waals surface area contributed by atoms with Crippen molar-refractivity contribution < 1.29 is 4.79 Å². The number of rotatable bonds is 2. The van der Waals surface area contributed by atoms with Gasteiger partial charge in [0.2, 0.25) is 0 Å². The van der Waals surface area contributed by atoms with E-state index in [1.165, 1.54) is 5.56 Å². The van der Waals surface area contributed by atoms with E-state index in [-0.39, 0.29) is 6.03 Å². The van der Waals surface area contributed by atoms with E-state index >= 15 is 0 Å². The highest BCUT2D eigenvalue weighted by Crippen LogP contribution is 2.29. The average molecular weight is 331 g/mol. The Kier molecular flexibility index (Phi) is 4.76. The second kappa shape index (κ2) is 6.96. The Morgan fingerprint density at radius 1 is 1.30 bits per heavy atom. The predicted molar refractivity (Wildman–Crippen MR) is 90.8 cm³/mol. The number of benzene rings is 1. The van der Waals surface area contributed by atoms with Crippen LogP contribution in [0.1, 0.15) is 30.1 Å². The van der Waals surface area contributed by atoms with Crippen LogP contribution in [0.15, 0.2) is 36.5 Å². The smallest absolute Gasteiger partial charge is 0.323 e. The number of aromatic nitrogens is 2. The van der Waals surface area contributed by atoms with E-state index in [4.69, 9.17) is 11.6 Å². The Balaban J connectivity index is 1.57. The SMILES string of the molecule is Cc1nccc(NC(=O)N2CCC(c3cccc(Cl)c3)CC2)n1. The molecule has 1 fully saturated rings. The molecule has 0 atom stereocenters. The lowest BCUT2D eigenvalue weighted by atomic mass is 9.89. The van der Waals surface area contributed by atoms with Crippen LogP contribution in [0.2, 0.25) is 5.02 Å². The summed E-state index contributed by atoms with van der Waals surface area (Å²) in [6.07, 6.45) is 3.52. The van der Waals surface area contributed by atoms with Crippen molar-refractivity contribution in [2.75, 3.05) is 18.4 Å². The van der Waals surface area contributed by atoms with Crippen LogP contribution in [0.25, 0.3) is 0 Å². The standard InChI is InChI=1S/C17H19ClN4O/c1-12-19-8-5-16(20-12)21-17(23)22-9-6-13(7-10-22)14-3-2-4-15(18)11-14/h2-5,8,11,13H,6-7,9-10H2,1H3,(H,19,20,21,23). The number of carbonyl (C=O) groups is 1. The van der Waals surface area contributed by atoms with E-state index in [1.54, 1.807) is 19.2 Å². The number of nitrogens with one attached hydrogen (secondary N) is 1. The minimum atomic E-state index is -0.104. The zero-order valence-electron chi connectivity index (χ0n) is 13.0. The fourth-order valence-electron chi connectivity index (χ4n) is 2.89. The molecule has 1 aromatic carbocycles. The van der Waals surface area contributed by atoms with Crippen molar-refractivity contribution in [3.05, 3.63) is 52.9 Å². The first-order valence-electron chi connectivity index (χ1n) is 7.73. The largest absolute Gasteiger partial charge is 0.324 e. The van der Waals surface area contributed by atoms with E-state index in [1.807, 2.05) is 23.1 Å². The Morgan fingerprint density at radius 3 is 2.78 bits per heavy atom. The first-order chi connectivity index (χ1) is 11.1. The number of hydrogen-bond donors (Lipinski definition) is 1. The molecule has 1 aliphatic heterocycles. The molecule has 2 amide bonds. The summed E-state index contributed by atoms with van der Waals surface area (Å²) in [4.78, 5) is 22.4. The molecule has 1 saturated heterocycles. The number of aryl methyl sites for hydroxylation is 1. The summed E-state index contributed by atoms with van der Waals surface area (Å²) in [7, 11) is 0. The summed E-state index contributed by atoms with van der Waals surface area (Å²) in [5, 5.41) is 3.60. The molecule has 1 N–H and O–H groups in total. The first-order valence-corrected chi connectivity index (χ1v) is 8.10. The summed E-state index contributed by atoms with van der Waals surface area (Å²) >= 11 is 6.06. The topological polar surface area (TPSA) is 58.1 Å². The van der Waals surface area contributed by atoms with Crippen LogP contribution < -0.4 is 5.32 Å². The average Bonchev–Trinajstić information content (AvgIpc) is 2.55. The molecule has 3 rings (SSSR count). The van der Waals surface area contributed by atoms with Gasteiger partial charge in [-0.3, -0.25) is 5.32 Å². The molecule has 1 aromatic heterocycles. The second-order valence-electron chi connectivity index (χ2n) is 5.74. The minimum absolute atomic E-state index is 0.104. The van der Waals surface area contributed by atoms with Gasteiger partial charge in [-0.1, -0.05) is 23.7 Å². The number of halogens is 1. The Bertz CT molecular complexity index is 698. The molecular weight excluding hydrogens is 312 g/mol. The minimum Gasteiger partial charge on any atom is -0.324 e. The summed E-state index contributed by atoms with van der Waals surface area (Å²) in [5.74, 6) is 1.64. The molecule has 0 bridgehead atoms. The number of amides is 2. The normalized spacial score (nSPS) is 15.5. The summed E-state index contributed by atoms with van der Waals surface area (Å²) < 4.78 is 0. The molecule has 0 aliphatic carbocycles. The van der Waals surface area contributed by atoms with Crippen LogP contribution in [0.4, 0.5) is 10.6 Å². The first kappa shape index (κ1) is 15.7. The lowest BCUT2D eigenvalue weighted by Gasteiger charge is -2.32. The molecule has 23 heavy (non-hydrogen) atoms. The Hall–Kier alpha value is -2.14. The van der Waals surface area contributed by atoms with Crippen molar-refractivity contribution in [1.29, 1.82) is 0 Å². The maximum absolute atomic E-state index is 12.3. The fourth-order valence-corrected chi connectivity index (χ4v) is 3.09. The summed E-state index contributed by atoms with van der Waals surface area (Å²) in [6.45, 7) is 3.26. The molecule has 0 spiro atoms. The molecular formula is C17H19ClN4O. The third-order valence-corrected chi connectivity index (χ3v) is 4.35. The number of likely N-dealkylation sites (tertiary alicyclic amines) is 1. The van der Waals surface area contributed by atoms with Crippen LogP contribution in [-0.4, -0.2) is 34.0 Å². The van der Waals surface area contributed by atoms with Crippen molar-refractivity contribution in [2.45, 2.75) is 25.7 Å². The van der Waals surface area contributed by atoms with Gasteiger partial charge in [0.15, 0.2) is 0 Å². The van der Waals surface area contributed by atoms with Crippen LogP contribution in [0.3, 0.4) is 0 Å². The molecule has 1 aliphatic rings. The van der Waals surface area contributed by atoms with Gasteiger partial charge in [0, 0.05) is 24.3 Å². The van der Waals surface area contributed by atoms with Gasteiger partial charge in [-0.2, -0.15) is 0 Å². The quantitative estimate of drug-likeness (QED) is 0.909. The van der Waals surface area contributed by atoms with E-state index in [0.717, 1.165) is 31.0 Å². The highest BCUT2D eigenvalue weighted by molar-refractivity contribution is 6.30. The van der Waals surface area contributed by atoms with Gasteiger partial charge in [-0.25, -0.2) is 14.8 Å². The van der Waals surface area contributed by atoms with Crippen molar-refractivity contribution in [3.63, 3.8) is 0 Å². The zero-order chi connectivity index (χ0) is 16.2. The highest BCUT2D eigenvalue weighted by Gasteiger charge is 2.24. The van der Waals surface area contributed by atoms with Crippen LogP contribution in [0.5, 0.6) is 0 Å². The maximum Gasteiger partial charge on any atom is 0.323 e. The van der Waals surface area contributed by atoms with Gasteiger partial charge in [-0.05, 0) is 49.4 Å². The molecule has 5 nitrogen and oxygen atoms in total. The van der Waals surface area contributed by atoms with Crippen molar-refractivity contribution in [1.82, 2.24) is 14.9 Å². The Labute approximate surface area is 140 Å². The predicted octanol–water partition coefficient (Wildman–Crippen LogP) is 3.85. The Morgan fingerprint density at radius 2 is 2.09 bits per heavy atom. The maximum atomic E-state index is 12.3. The number of urea groups is 1. The lowest BCUT2D eigenvalue weighted by Crippen LogP contribution is -2.40. The van der Waals surface area contributed by atoms with Gasteiger partial charge < -0.3 is 4.90 Å². The molecule has 120 valence electrons. The van der Waals surface area contributed by atoms with E-state index < -0.39 is 0 Å². The summed E-state index contributed by atoms with van der Waals surface area (Å²) in [6, 6.07) is 9.59. The van der Waals surface area contributed by atoms with Gasteiger partial charge in [0.05, 0.1) is 0 Å².